The first-order valence-corrected chi connectivity index (χ1v) is 11.6. The molecule has 2 atom stereocenters. The number of rotatable bonds is 6. The average Bonchev–Trinajstić information content (AvgIpc) is 2.73. The normalized spacial score (nSPS) is 24.8. The van der Waals surface area contributed by atoms with Crippen LogP contribution in [-0.4, -0.2) is 54.0 Å². The lowest BCUT2D eigenvalue weighted by molar-refractivity contribution is -0.384. The van der Waals surface area contributed by atoms with E-state index in [1.54, 1.807) is 18.2 Å². The van der Waals surface area contributed by atoms with Crippen LogP contribution in [0.3, 0.4) is 0 Å². The van der Waals surface area contributed by atoms with Gasteiger partial charge < -0.3 is 15.1 Å². The number of nitro groups is 1. The molecule has 0 bridgehead atoms. The molecule has 3 aliphatic rings. The monoisotopic (exact) mass is 414 g/mol. The van der Waals surface area contributed by atoms with Crippen LogP contribution in [0, 0.1) is 22.0 Å². The Morgan fingerprint density at radius 1 is 1.10 bits per heavy atom. The summed E-state index contributed by atoms with van der Waals surface area (Å²) in [6.07, 6.45) is 7.95. The number of nitrogens with zero attached hydrogens (tertiary/aromatic N) is 3. The summed E-state index contributed by atoms with van der Waals surface area (Å²) in [4.78, 5) is 28.6. The Hall–Kier alpha value is -2.15. The Bertz CT molecular complexity index is 759. The SMILES string of the molecule is C[C@@H](NC(=O)C1CCN(c2ccccc2[N+](=O)[O-])CC1)[C@H]1CCCN(C2CCC2)C1. The maximum Gasteiger partial charge on any atom is 0.292 e. The average molecular weight is 415 g/mol. The van der Waals surface area contributed by atoms with Crippen molar-refractivity contribution in [2.24, 2.45) is 11.8 Å². The summed E-state index contributed by atoms with van der Waals surface area (Å²) in [5.41, 5.74) is 0.801. The van der Waals surface area contributed by atoms with Crippen LogP contribution in [0.1, 0.15) is 51.9 Å². The predicted molar refractivity (Wildman–Crippen MR) is 118 cm³/mol. The van der Waals surface area contributed by atoms with Crippen LogP contribution in [-0.2, 0) is 4.79 Å². The summed E-state index contributed by atoms with van der Waals surface area (Å²) in [7, 11) is 0. The number of likely N-dealkylation sites (tertiary alicyclic amines) is 1. The van der Waals surface area contributed by atoms with Crippen molar-refractivity contribution in [2.45, 2.75) is 64.0 Å². The number of hydrogen-bond donors (Lipinski definition) is 1. The van der Waals surface area contributed by atoms with Crippen LogP contribution in [0.2, 0.25) is 0 Å². The van der Waals surface area contributed by atoms with Crippen molar-refractivity contribution in [1.29, 1.82) is 0 Å². The first-order valence-electron chi connectivity index (χ1n) is 11.6. The van der Waals surface area contributed by atoms with Gasteiger partial charge in [0.2, 0.25) is 5.91 Å². The quantitative estimate of drug-likeness (QED) is 0.569. The molecule has 0 spiro atoms. The fourth-order valence-electron chi connectivity index (χ4n) is 5.26. The smallest absolute Gasteiger partial charge is 0.292 e. The van der Waals surface area contributed by atoms with Gasteiger partial charge in [-0.3, -0.25) is 14.9 Å². The van der Waals surface area contributed by atoms with Gasteiger partial charge in [-0.15, -0.1) is 0 Å². The highest BCUT2D eigenvalue weighted by atomic mass is 16.6. The summed E-state index contributed by atoms with van der Waals surface area (Å²) < 4.78 is 0. The zero-order valence-electron chi connectivity index (χ0n) is 18.0. The summed E-state index contributed by atoms with van der Waals surface area (Å²) in [5, 5.41) is 14.6. The summed E-state index contributed by atoms with van der Waals surface area (Å²) in [5.74, 6) is 0.693. The zero-order valence-corrected chi connectivity index (χ0v) is 18.0. The number of nitro benzene ring substituents is 1. The molecule has 1 aliphatic carbocycles. The van der Waals surface area contributed by atoms with E-state index in [0.717, 1.165) is 25.4 Å². The van der Waals surface area contributed by atoms with Crippen LogP contribution < -0.4 is 10.2 Å². The maximum atomic E-state index is 12.9. The molecule has 1 aromatic rings. The van der Waals surface area contributed by atoms with Crippen molar-refractivity contribution in [2.75, 3.05) is 31.1 Å². The molecule has 4 rings (SSSR count). The molecule has 2 aliphatic heterocycles. The molecule has 7 heteroatoms. The van der Waals surface area contributed by atoms with E-state index in [1.807, 2.05) is 11.0 Å². The van der Waals surface area contributed by atoms with Gasteiger partial charge in [0, 0.05) is 43.7 Å². The van der Waals surface area contributed by atoms with Gasteiger partial charge in [-0.2, -0.15) is 0 Å². The van der Waals surface area contributed by atoms with Gasteiger partial charge in [-0.25, -0.2) is 0 Å². The van der Waals surface area contributed by atoms with E-state index >= 15 is 0 Å². The number of para-hydroxylation sites is 2. The number of hydrogen-bond acceptors (Lipinski definition) is 5. The summed E-state index contributed by atoms with van der Waals surface area (Å²) in [6.45, 7) is 5.84. The Morgan fingerprint density at radius 3 is 2.50 bits per heavy atom. The minimum atomic E-state index is -0.327. The number of carbonyl (C=O) groups is 1. The second-order valence-electron chi connectivity index (χ2n) is 9.29. The molecule has 0 radical (unpaired) electrons. The minimum Gasteiger partial charge on any atom is -0.366 e. The fraction of sp³-hybridized carbons (Fsp3) is 0.696. The van der Waals surface area contributed by atoms with Crippen molar-refractivity contribution in [3.8, 4) is 0 Å². The molecular formula is C23H34N4O3. The zero-order chi connectivity index (χ0) is 21.1. The van der Waals surface area contributed by atoms with Gasteiger partial charge in [-0.1, -0.05) is 18.6 Å². The van der Waals surface area contributed by atoms with Crippen LogP contribution in [0.5, 0.6) is 0 Å². The van der Waals surface area contributed by atoms with E-state index in [4.69, 9.17) is 0 Å². The second kappa shape index (κ2) is 9.33. The van der Waals surface area contributed by atoms with Gasteiger partial charge in [-0.05, 0) is 64.0 Å². The van der Waals surface area contributed by atoms with E-state index in [1.165, 1.54) is 38.6 Å². The van der Waals surface area contributed by atoms with E-state index in [0.29, 0.717) is 24.7 Å². The molecular weight excluding hydrogens is 380 g/mol. The highest BCUT2D eigenvalue weighted by molar-refractivity contribution is 5.79. The summed E-state index contributed by atoms with van der Waals surface area (Å²) >= 11 is 0. The van der Waals surface area contributed by atoms with Gasteiger partial charge in [0.15, 0.2) is 0 Å². The second-order valence-corrected chi connectivity index (χ2v) is 9.29. The molecule has 7 nitrogen and oxygen atoms in total. The van der Waals surface area contributed by atoms with Crippen molar-refractivity contribution in [3.63, 3.8) is 0 Å². The first kappa shape index (κ1) is 21.1. The Balaban J connectivity index is 1.28. The largest absolute Gasteiger partial charge is 0.366 e. The highest BCUT2D eigenvalue weighted by Crippen LogP contribution is 2.32. The van der Waals surface area contributed by atoms with Crippen LogP contribution in [0.15, 0.2) is 24.3 Å². The minimum absolute atomic E-state index is 0.00204. The molecule has 1 amide bonds. The van der Waals surface area contributed by atoms with E-state index < -0.39 is 0 Å². The standard InChI is InChI=1S/C23H34N4O3/c1-17(19-6-5-13-26(16-19)20-7-4-8-20)24-23(28)18-11-14-25(15-12-18)21-9-2-3-10-22(21)27(29)30/h2-3,9-10,17-20H,4-8,11-16H2,1H3,(H,24,28)/t17-,19+/m1/s1. The lowest BCUT2D eigenvalue weighted by Crippen LogP contribution is -2.52. The lowest BCUT2D eigenvalue weighted by Gasteiger charge is -2.44. The predicted octanol–water partition coefficient (Wildman–Crippen LogP) is 3.58. The Morgan fingerprint density at radius 2 is 1.83 bits per heavy atom. The lowest BCUT2D eigenvalue weighted by atomic mass is 9.85. The van der Waals surface area contributed by atoms with Crippen molar-refractivity contribution >= 4 is 17.3 Å². The van der Waals surface area contributed by atoms with Gasteiger partial charge in [0.05, 0.1) is 4.92 Å². The number of anilines is 1. The van der Waals surface area contributed by atoms with Crippen molar-refractivity contribution < 1.29 is 9.72 Å². The van der Waals surface area contributed by atoms with Crippen molar-refractivity contribution in [1.82, 2.24) is 10.2 Å². The number of benzene rings is 1. The molecule has 0 unspecified atom stereocenters. The molecule has 2 heterocycles. The Kier molecular flexibility index (Phi) is 6.56. The summed E-state index contributed by atoms with van der Waals surface area (Å²) in [6, 6.07) is 7.86. The molecule has 164 valence electrons. The molecule has 1 N–H and O–H groups in total. The fourth-order valence-corrected chi connectivity index (χ4v) is 5.26. The van der Waals surface area contributed by atoms with E-state index in [9.17, 15) is 14.9 Å². The third-order valence-electron chi connectivity index (χ3n) is 7.44. The first-order chi connectivity index (χ1) is 14.5. The number of piperidine rings is 2. The number of carbonyl (C=O) groups excluding carboxylic acids is 1. The van der Waals surface area contributed by atoms with Crippen LogP contribution in [0.25, 0.3) is 0 Å². The third kappa shape index (κ3) is 4.61. The van der Waals surface area contributed by atoms with Crippen molar-refractivity contribution in [3.05, 3.63) is 34.4 Å². The molecule has 3 fully saturated rings. The van der Waals surface area contributed by atoms with E-state index in [2.05, 4.69) is 17.1 Å². The topological polar surface area (TPSA) is 78.7 Å². The number of nitrogens with one attached hydrogen (secondary N) is 1. The number of amides is 1. The van der Waals surface area contributed by atoms with Crippen LogP contribution >= 0.6 is 0 Å². The molecule has 30 heavy (non-hydrogen) atoms. The van der Waals surface area contributed by atoms with Gasteiger partial charge in [0.1, 0.15) is 5.69 Å². The molecule has 1 saturated carbocycles. The van der Waals surface area contributed by atoms with E-state index in [-0.39, 0.29) is 28.5 Å². The molecule has 0 aromatic heterocycles. The van der Waals surface area contributed by atoms with Crippen LogP contribution in [0.4, 0.5) is 11.4 Å². The molecule has 2 saturated heterocycles. The Labute approximate surface area is 179 Å². The highest BCUT2D eigenvalue weighted by Gasteiger charge is 2.33. The third-order valence-corrected chi connectivity index (χ3v) is 7.44. The van der Waals surface area contributed by atoms with Gasteiger partial charge in [0.25, 0.3) is 5.69 Å². The maximum absolute atomic E-state index is 12.9. The molecule has 1 aromatic carbocycles. The van der Waals surface area contributed by atoms with Gasteiger partial charge >= 0.3 is 0 Å².